The number of benzene rings is 2. The van der Waals surface area contributed by atoms with Crippen LogP contribution in [0.5, 0.6) is 5.75 Å². The van der Waals surface area contributed by atoms with Crippen LogP contribution < -0.4 is 15.4 Å². The zero-order chi connectivity index (χ0) is 17.5. The van der Waals surface area contributed by atoms with Gasteiger partial charge in [-0.2, -0.15) is 8.78 Å². The number of carbonyl (C=O) groups excluding carboxylic acids is 2. The van der Waals surface area contributed by atoms with Crippen molar-refractivity contribution in [3.8, 4) is 5.75 Å². The molecule has 0 spiro atoms. The molecule has 0 aromatic heterocycles. The van der Waals surface area contributed by atoms with Gasteiger partial charge in [0.2, 0.25) is 5.91 Å². The second-order valence-corrected chi connectivity index (χ2v) is 5.05. The zero-order valence-corrected chi connectivity index (χ0v) is 13.0. The SMILES string of the molecule is O=C(CNC(=O)c1ccccc1OC(F)F)Nc1cccc(Cl)c1. The zero-order valence-electron chi connectivity index (χ0n) is 12.3. The van der Waals surface area contributed by atoms with Gasteiger partial charge in [0.25, 0.3) is 5.91 Å². The number of hydrogen-bond donors (Lipinski definition) is 2. The van der Waals surface area contributed by atoms with E-state index in [4.69, 9.17) is 11.6 Å². The Bertz CT molecular complexity index is 741. The average Bonchev–Trinajstić information content (AvgIpc) is 2.52. The number of anilines is 1. The van der Waals surface area contributed by atoms with Crippen molar-refractivity contribution in [2.75, 3.05) is 11.9 Å². The number of carbonyl (C=O) groups is 2. The summed E-state index contributed by atoms with van der Waals surface area (Å²) >= 11 is 5.80. The minimum absolute atomic E-state index is 0.0895. The summed E-state index contributed by atoms with van der Waals surface area (Å²) in [6.45, 7) is -3.39. The summed E-state index contributed by atoms with van der Waals surface area (Å²) in [6.07, 6.45) is 0. The molecule has 2 N–H and O–H groups in total. The predicted molar refractivity (Wildman–Crippen MR) is 85.5 cm³/mol. The average molecular weight is 355 g/mol. The van der Waals surface area contributed by atoms with E-state index in [1.54, 1.807) is 24.3 Å². The highest BCUT2D eigenvalue weighted by Crippen LogP contribution is 2.20. The molecule has 0 radical (unpaired) electrons. The number of para-hydroxylation sites is 1. The summed E-state index contributed by atoms with van der Waals surface area (Å²) in [5, 5.41) is 5.34. The molecule has 0 fully saturated rings. The molecule has 0 unspecified atom stereocenters. The van der Waals surface area contributed by atoms with Gasteiger partial charge in [-0.3, -0.25) is 9.59 Å². The van der Waals surface area contributed by atoms with Gasteiger partial charge in [-0.05, 0) is 30.3 Å². The molecule has 2 rings (SSSR count). The molecule has 0 aliphatic heterocycles. The monoisotopic (exact) mass is 354 g/mol. The summed E-state index contributed by atoms with van der Waals surface area (Å²) in [4.78, 5) is 23.8. The lowest BCUT2D eigenvalue weighted by atomic mass is 10.2. The minimum Gasteiger partial charge on any atom is -0.434 e. The maximum atomic E-state index is 12.3. The molecule has 126 valence electrons. The number of halogens is 3. The van der Waals surface area contributed by atoms with Crippen molar-refractivity contribution in [2.24, 2.45) is 0 Å². The van der Waals surface area contributed by atoms with E-state index in [1.165, 1.54) is 24.3 Å². The maximum absolute atomic E-state index is 12.3. The van der Waals surface area contributed by atoms with E-state index in [1.807, 2.05) is 0 Å². The minimum atomic E-state index is -3.05. The van der Waals surface area contributed by atoms with Gasteiger partial charge >= 0.3 is 6.61 Å². The highest BCUT2D eigenvalue weighted by atomic mass is 35.5. The molecule has 0 aliphatic carbocycles. The summed E-state index contributed by atoms with van der Waals surface area (Å²) < 4.78 is 28.9. The Morgan fingerprint density at radius 1 is 1.12 bits per heavy atom. The summed E-state index contributed by atoms with van der Waals surface area (Å²) in [6, 6.07) is 12.0. The number of alkyl halides is 2. The lowest BCUT2D eigenvalue weighted by molar-refractivity contribution is -0.115. The van der Waals surface area contributed by atoms with Crippen LogP contribution in [-0.2, 0) is 4.79 Å². The van der Waals surface area contributed by atoms with Crippen LogP contribution in [-0.4, -0.2) is 25.0 Å². The molecule has 0 atom stereocenters. The van der Waals surface area contributed by atoms with Gasteiger partial charge in [-0.25, -0.2) is 0 Å². The molecule has 0 bridgehead atoms. The van der Waals surface area contributed by atoms with Crippen molar-refractivity contribution < 1.29 is 23.1 Å². The van der Waals surface area contributed by atoms with Gasteiger partial charge in [0, 0.05) is 10.7 Å². The van der Waals surface area contributed by atoms with Gasteiger partial charge in [0.1, 0.15) is 5.75 Å². The molecule has 0 heterocycles. The Kier molecular flexibility index (Phi) is 6.08. The first kappa shape index (κ1) is 17.7. The lowest BCUT2D eigenvalue weighted by Gasteiger charge is -2.11. The molecule has 2 amide bonds. The topological polar surface area (TPSA) is 67.4 Å². The van der Waals surface area contributed by atoms with Crippen LogP contribution in [0.2, 0.25) is 5.02 Å². The third kappa shape index (κ3) is 5.20. The third-order valence-corrected chi connectivity index (χ3v) is 3.10. The number of hydrogen-bond acceptors (Lipinski definition) is 3. The normalized spacial score (nSPS) is 10.3. The van der Waals surface area contributed by atoms with Crippen LogP contribution in [0.25, 0.3) is 0 Å². The van der Waals surface area contributed by atoms with Crippen LogP contribution in [0, 0.1) is 0 Å². The van der Waals surface area contributed by atoms with Gasteiger partial charge in [-0.15, -0.1) is 0 Å². The quantitative estimate of drug-likeness (QED) is 0.836. The highest BCUT2D eigenvalue weighted by molar-refractivity contribution is 6.30. The Balaban J connectivity index is 1.94. The summed E-state index contributed by atoms with van der Waals surface area (Å²) in [5.74, 6) is -1.45. The fraction of sp³-hybridized carbons (Fsp3) is 0.125. The van der Waals surface area contributed by atoms with E-state index in [0.29, 0.717) is 10.7 Å². The van der Waals surface area contributed by atoms with E-state index in [2.05, 4.69) is 15.4 Å². The lowest BCUT2D eigenvalue weighted by Crippen LogP contribution is -2.33. The first-order valence-corrected chi connectivity index (χ1v) is 7.21. The molecule has 0 saturated carbocycles. The molecule has 24 heavy (non-hydrogen) atoms. The molecule has 2 aromatic carbocycles. The molecular formula is C16H13ClF2N2O3. The Hall–Kier alpha value is -2.67. The third-order valence-electron chi connectivity index (χ3n) is 2.87. The number of nitrogens with one attached hydrogen (secondary N) is 2. The predicted octanol–water partition coefficient (Wildman–Crippen LogP) is 3.31. The number of amides is 2. The van der Waals surface area contributed by atoms with Crippen LogP contribution in [0.15, 0.2) is 48.5 Å². The second kappa shape index (κ2) is 8.26. The van der Waals surface area contributed by atoms with Gasteiger partial charge < -0.3 is 15.4 Å². The van der Waals surface area contributed by atoms with Crippen LogP contribution in [0.1, 0.15) is 10.4 Å². The van der Waals surface area contributed by atoms with E-state index >= 15 is 0 Å². The maximum Gasteiger partial charge on any atom is 0.387 e. The Morgan fingerprint density at radius 3 is 2.58 bits per heavy atom. The van der Waals surface area contributed by atoms with E-state index in [-0.39, 0.29) is 17.9 Å². The van der Waals surface area contributed by atoms with Crippen molar-refractivity contribution in [1.29, 1.82) is 0 Å². The number of rotatable bonds is 6. The largest absolute Gasteiger partial charge is 0.434 e. The molecule has 8 heteroatoms. The standard InChI is InChI=1S/C16H13ClF2N2O3/c17-10-4-3-5-11(8-10)21-14(22)9-20-15(23)12-6-1-2-7-13(12)24-16(18)19/h1-8,16H,9H2,(H,20,23)(H,21,22). The van der Waals surface area contributed by atoms with E-state index < -0.39 is 18.4 Å². The van der Waals surface area contributed by atoms with Crippen LogP contribution >= 0.6 is 11.6 Å². The van der Waals surface area contributed by atoms with Crippen molar-refractivity contribution in [2.45, 2.75) is 6.61 Å². The highest BCUT2D eigenvalue weighted by Gasteiger charge is 2.16. The van der Waals surface area contributed by atoms with E-state index in [9.17, 15) is 18.4 Å². The first-order chi connectivity index (χ1) is 11.5. The summed E-state index contributed by atoms with van der Waals surface area (Å²) in [7, 11) is 0. The van der Waals surface area contributed by atoms with Crippen LogP contribution in [0.4, 0.5) is 14.5 Å². The number of ether oxygens (including phenoxy) is 1. The van der Waals surface area contributed by atoms with Crippen molar-refractivity contribution in [3.63, 3.8) is 0 Å². The fourth-order valence-electron chi connectivity index (χ4n) is 1.88. The molecular weight excluding hydrogens is 342 g/mol. The Morgan fingerprint density at radius 2 is 1.88 bits per heavy atom. The smallest absolute Gasteiger partial charge is 0.387 e. The fourth-order valence-corrected chi connectivity index (χ4v) is 2.07. The van der Waals surface area contributed by atoms with Gasteiger partial charge in [0.15, 0.2) is 0 Å². The Labute approximate surface area is 141 Å². The van der Waals surface area contributed by atoms with Gasteiger partial charge in [0.05, 0.1) is 12.1 Å². The molecule has 2 aromatic rings. The van der Waals surface area contributed by atoms with Crippen LogP contribution in [0.3, 0.4) is 0 Å². The van der Waals surface area contributed by atoms with Crippen molar-refractivity contribution in [3.05, 3.63) is 59.1 Å². The van der Waals surface area contributed by atoms with Crippen molar-refractivity contribution >= 4 is 29.1 Å². The molecule has 0 saturated heterocycles. The first-order valence-electron chi connectivity index (χ1n) is 6.83. The van der Waals surface area contributed by atoms with Crippen molar-refractivity contribution in [1.82, 2.24) is 5.32 Å². The second-order valence-electron chi connectivity index (χ2n) is 4.62. The van der Waals surface area contributed by atoms with E-state index in [0.717, 1.165) is 0 Å². The summed E-state index contributed by atoms with van der Waals surface area (Å²) in [5.41, 5.74) is 0.386. The molecule has 5 nitrogen and oxygen atoms in total. The van der Waals surface area contributed by atoms with Gasteiger partial charge in [-0.1, -0.05) is 29.8 Å². The molecule has 0 aliphatic rings.